The predicted molar refractivity (Wildman–Crippen MR) is 108 cm³/mol. The van der Waals surface area contributed by atoms with Crippen LogP contribution in [0.1, 0.15) is 63.2 Å². The highest BCUT2D eigenvalue weighted by molar-refractivity contribution is 5.66. The molecule has 0 aromatic heterocycles. The van der Waals surface area contributed by atoms with Crippen LogP contribution in [-0.2, 0) is 15.9 Å². The van der Waals surface area contributed by atoms with Gasteiger partial charge in [0.1, 0.15) is 5.82 Å². The number of hydrogen-bond acceptors (Lipinski definition) is 2. The van der Waals surface area contributed by atoms with Crippen molar-refractivity contribution in [2.75, 3.05) is 13.2 Å². The molecule has 2 unspecified atom stereocenters. The van der Waals surface area contributed by atoms with Gasteiger partial charge in [0.15, 0.2) is 11.6 Å². The highest BCUT2D eigenvalue weighted by Gasteiger charge is 2.25. The first-order valence-electron chi connectivity index (χ1n) is 10.5. The molecule has 0 saturated carbocycles. The molecule has 5 heteroatoms. The number of rotatable bonds is 8. The predicted octanol–water partition coefficient (Wildman–Crippen LogP) is 6.76. The minimum absolute atomic E-state index is 0.0552. The highest BCUT2D eigenvalue weighted by Crippen LogP contribution is 2.34. The quantitative estimate of drug-likeness (QED) is 0.451. The van der Waals surface area contributed by atoms with Crippen LogP contribution in [0.2, 0.25) is 0 Å². The van der Waals surface area contributed by atoms with E-state index in [-0.39, 0.29) is 23.3 Å². The molecule has 2 atom stereocenters. The van der Waals surface area contributed by atoms with Crippen LogP contribution in [0, 0.1) is 17.5 Å². The van der Waals surface area contributed by atoms with Crippen LogP contribution in [-0.4, -0.2) is 19.3 Å². The summed E-state index contributed by atoms with van der Waals surface area (Å²) in [7, 11) is 0. The molecular formula is C24H29F3O2. The molecule has 2 aromatic rings. The van der Waals surface area contributed by atoms with Gasteiger partial charge in [-0.2, -0.15) is 0 Å². The molecule has 1 heterocycles. The zero-order chi connectivity index (χ0) is 20.8. The van der Waals surface area contributed by atoms with E-state index in [1.807, 2.05) is 6.92 Å². The Balaban J connectivity index is 1.71. The summed E-state index contributed by atoms with van der Waals surface area (Å²) < 4.78 is 55.2. The summed E-state index contributed by atoms with van der Waals surface area (Å²) in [4.78, 5) is 0. The fourth-order valence-corrected chi connectivity index (χ4v) is 3.73. The van der Waals surface area contributed by atoms with E-state index in [1.54, 1.807) is 6.07 Å². The monoisotopic (exact) mass is 406 g/mol. The third-order valence-corrected chi connectivity index (χ3v) is 5.42. The number of ether oxygens (including phenoxy) is 2. The standard InChI is InChI=1S/C24H29F3O2/c1-3-5-13-28-18-9-12-22(29-15-18)17-8-10-19(21(25)14-17)20-11-7-16(6-4-2)23(26)24(20)27/h7-8,10-11,14,18,22H,3-6,9,12-13,15H2,1-2H3. The highest BCUT2D eigenvalue weighted by atomic mass is 19.2. The van der Waals surface area contributed by atoms with Crippen molar-refractivity contribution in [3.63, 3.8) is 0 Å². The molecule has 158 valence electrons. The lowest BCUT2D eigenvalue weighted by atomic mass is 9.95. The van der Waals surface area contributed by atoms with E-state index in [1.165, 1.54) is 24.3 Å². The summed E-state index contributed by atoms with van der Waals surface area (Å²) in [5.41, 5.74) is 1.03. The molecule has 0 bridgehead atoms. The van der Waals surface area contributed by atoms with Gasteiger partial charge in [-0.3, -0.25) is 0 Å². The summed E-state index contributed by atoms with van der Waals surface area (Å²) in [5, 5.41) is 0. The smallest absolute Gasteiger partial charge is 0.167 e. The normalized spacial score (nSPS) is 19.5. The van der Waals surface area contributed by atoms with Crippen molar-refractivity contribution in [3.05, 3.63) is 58.9 Å². The average molecular weight is 406 g/mol. The lowest BCUT2D eigenvalue weighted by Crippen LogP contribution is -2.28. The molecule has 2 nitrogen and oxygen atoms in total. The van der Waals surface area contributed by atoms with Crippen LogP contribution in [0.3, 0.4) is 0 Å². The summed E-state index contributed by atoms with van der Waals surface area (Å²) >= 11 is 0. The zero-order valence-electron chi connectivity index (χ0n) is 17.1. The Morgan fingerprint density at radius 2 is 1.76 bits per heavy atom. The van der Waals surface area contributed by atoms with Crippen molar-refractivity contribution < 1.29 is 22.6 Å². The zero-order valence-corrected chi connectivity index (χ0v) is 17.1. The van der Waals surface area contributed by atoms with E-state index in [2.05, 4.69) is 6.92 Å². The van der Waals surface area contributed by atoms with Crippen LogP contribution >= 0.6 is 0 Å². The maximum absolute atomic E-state index is 14.8. The Morgan fingerprint density at radius 1 is 0.966 bits per heavy atom. The van der Waals surface area contributed by atoms with E-state index >= 15 is 0 Å². The molecule has 1 saturated heterocycles. The summed E-state index contributed by atoms with van der Waals surface area (Å²) in [6.07, 6.45) is 4.76. The van der Waals surface area contributed by atoms with Crippen LogP contribution in [0.15, 0.2) is 30.3 Å². The van der Waals surface area contributed by atoms with Crippen molar-refractivity contribution in [3.8, 4) is 11.1 Å². The number of aryl methyl sites for hydroxylation is 1. The van der Waals surface area contributed by atoms with Gasteiger partial charge in [-0.15, -0.1) is 0 Å². The largest absolute Gasteiger partial charge is 0.376 e. The average Bonchev–Trinajstić information content (AvgIpc) is 2.73. The Bertz CT molecular complexity index is 814. The molecule has 1 aliphatic rings. The molecule has 0 amide bonds. The lowest BCUT2D eigenvalue weighted by Gasteiger charge is -2.29. The topological polar surface area (TPSA) is 18.5 Å². The van der Waals surface area contributed by atoms with Gasteiger partial charge in [-0.05, 0) is 42.9 Å². The van der Waals surface area contributed by atoms with Crippen molar-refractivity contribution in [2.24, 2.45) is 0 Å². The Labute approximate surface area is 171 Å². The maximum Gasteiger partial charge on any atom is 0.167 e. The minimum Gasteiger partial charge on any atom is -0.376 e. The van der Waals surface area contributed by atoms with Crippen LogP contribution < -0.4 is 0 Å². The van der Waals surface area contributed by atoms with Gasteiger partial charge in [0.2, 0.25) is 0 Å². The van der Waals surface area contributed by atoms with Gasteiger partial charge in [0.25, 0.3) is 0 Å². The molecular weight excluding hydrogens is 377 g/mol. The lowest BCUT2D eigenvalue weighted by molar-refractivity contribution is -0.0872. The second kappa shape index (κ2) is 10.3. The van der Waals surface area contributed by atoms with Crippen molar-refractivity contribution in [1.82, 2.24) is 0 Å². The summed E-state index contributed by atoms with van der Waals surface area (Å²) in [6, 6.07) is 7.60. The maximum atomic E-state index is 14.8. The Hall–Kier alpha value is -1.85. The van der Waals surface area contributed by atoms with Gasteiger partial charge in [-0.1, -0.05) is 51.0 Å². The van der Waals surface area contributed by atoms with E-state index in [9.17, 15) is 13.2 Å². The first-order valence-corrected chi connectivity index (χ1v) is 10.5. The third kappa shape index (κ3) is 5.20. The van der Waals surface area contributed by atoms with Crippen LogP contribution in [0.25, 0.3) is 11.1 Å². The van der Waals surface area contributed by atoms with Crippen LogP contribution in [0.4, 0.5) is 13.2 Å². The molecule has 0 N–H and O–H groups in total. The fraction of sp³-hybridized carbons (Fsp3) is 0.500. The molecule has 0 aliphatic carbocycles. The van der Waals surface area contributed by atoms with E-state index in [4.69, 9.17) is 9.47 Å². The van der Waals surface area contributed by atoms with Gasteiger partial charge < -0.3 is 9.47 Å². The molecule has 0 radical (unpaired) electrons. The van der Waals surface area contributed by atoms with E-state index in [0.717, 1.165) is 32.3 Å². The van der Waals surface area contributed by atoms with Gasteiger partial charge in [-0.25, -0.2) is 13.2 Å². The summed E-state index contributed by atoms with van der Waals surface area (Å²) in [6.45, 7) is 5.24. The first kappa shape index (κ1) is 21.8. The number of hydrogen-bond donors (Lipinski definition) is 0. The SMILES string of the molecule is CCCCOC1CCC(c2ccc(-c3ccc(CCC)c(F)c3F)c(F)c2)OC1. The van der Waals surface area contributed by atoms with Crippen LogP contribution in [0.5, 0.6) is 0 Å². The number of unbranched alkanes of at least 4 members (excludes halogenated alkanes) is 1. The van der Waals surface area contributed by atoms with Crippen molar-refractivity contribution >= 4 is 0 Å². The van der Waals surface area contributed by atoms with Crippen molar-refractivity contribution in [1.29, 1.82) is 0 Å². The van der Waals surface area contributed by atoms with E-state index < -0.39 is 17.5 Å². The van der Waals surface area contributed by atoms with Gasteiger partial charge in [0, 0.05) is 17.7 Å². The van der Waals surface area contributed by atoms with Gasteiger partial charge >= 0.3 is 0 Å². The minimum atomic E-state index is -0.997. The summed E-state index contributed by atoms with van der Waals surface area (Å²) in [5.74, 6) is -2.46. The fourth-order valence-electron chi connectivity index (χ4n) is 3.73. The molecule has 29 heavy (non-hydrogen) atoms. The third-order valence-electron chi connectivity index (χ3n) is 5.42. The molecule has 0 spiro atoms. The second-order valence-electron chi connectivity index (χ2n) is 7.64. The molecule has 3 rings (SSSR count). The first-order chi connectivity index (χ1) is 14.0. The number of halogens is 3. The Morgan fingerprint density at radius 3 is 2.41 bits per heavy atom. The van der Waals surface area contributed by atoms with Gasteiger partial charge in [0.05, 0.1) is 18.8 Å². The molecule has 1 fully saturated rings. The van der Waals surface area contributed by atoms with Crippen molar-refractivity contribution in [2.45, 2.75) is 64.6 Å². The van der Waals surface area contributed by atoms with E-state index in [0.29, 0.717) is 30.6 Å². The number of benzene rings is 2. The Kier molecular flexibility index (Phi) is 7.73. The molecule has 1 aliphatic heterocycles. The second-order valence-corrected chi connectivity index (χ2v) is 7.64. The molecule has 2 aromatic carbocycles.